The number of nitrogens with zero attached hydrogens (tertiary/aromatic N) is 2. The number of hydrogen-bond acceptors (Lipinski definition) is 3. The van der Waals surface area contributed by atoms with Gasteiger partial charge in [-0.1, -0.05) is 0 Å². The first-order valence-corrected chi connectivity index (χ1v) is 6.38. The summed E-state index contributed by atoms with van der Waals surface area (Å²) in [7, 11) is 2.31. The Morgan fingerprint density at radius 1 is 1.20 bits per heavy atom. The third-order valence-corrected chi connectivity index (χ3v) is 4.16. The number of likely N-dealkylation sites (tertiary alicyclic amines) is 1. The van der Waals surface area contributed by atoms with Gasteiger partial charge in [-0.05, 0) is 52.7 Å². The molecule has 1 atom stereocenters. The van der Waals surface area contributed by atoms with E-state index in [0.29, 0.717) is 6.04 Å². The van der Waals surface area contributed by atoms with E-state index >= 15 is 0 Å². The van der Waals surface area contributed by atoms with Gasteiger partial charge in [0.2, 0.25) is 0 Å². The fourth-order valence-corrected chi connectivity index (χ4v) is 2.66. The lowest BCUT2D eigenvalue weighted by molar-refractivity contribution is 0.101. The van der Waals surface area contributed by atoms with Gasteiger partial charge in [-0.2, -0.15) is 0 Å². The lowest BCUT2D eigenvalue weighted by Crippen LogP contribution is -2.48. The van der Waals surface area contributed by atoms with E-state index in [-0.39, 0.29) is 0 Å². The molecule has 15 heavy (non-hydrogen) atoms. The average Bonchev–Trinajstić information content (AvgIpc) is 3.11. The maximum absolute atomic E-state index is 5.70. The third-order valence-electron chi connectivity index (χ3n) is 4.16. The van der Waals surface area contributed by atoms with Crippen molar-refractivity contribution >= 4 is 0 Å². The molecule has 1 unspecified atom stereocenters. The molecule has 1 heterocycles. The van der Waals surface area contributed by atoms with Crippen LogP contribution in [0.15, 0.2) is 0 Å². The third kappa shape index (κ3) is 2.71. The molecule has 0 aromatic heterocycles. The second-order valence-electron chi connectivity index (χ2n) is 5.25. The van der Waals surface area contributed by atoms with Crippen molar-refractivity contribution in [3.63, 3.8) is 0 Å². The second kappa shape index (κ2) is 4.81. The Bertz CT molecular complexity index is 195. The highest BCUT2D eigenvalue weighted by Gasteiger charge is 2.33. The van der Waals surface area contributed by atoms with Crippen LogP contribution in [0.25, 0.3) is 0 Å². The van der Waals surface area contributed by atoms with E-state index in [4.69, 9.17) is 5.73 Å². The van der Waals surface area contributed by atoms with Crippen LogP contribution in [-0.2, 0) is 0 Å². The van der Waals surface area contributed by atoms with Crippen LogP contribution < -0.4 is 5.73 Å². The van der Waals surface area contributed by atoms with Gasteiger partial charge in [0.05, 0.1) is 0 Å². The molecule has 2 aliphatic rings. The summed E-state index contributed by atoms with van der Waals surface area (Å²) in [5.41, 5.74) is 5.70. The van der Waals surface area contributed by atoms with E-state index in [1.165, 1.54) is 38.8 Å². The molecular weight excluding hydrogens is 186 g/mol. The standard InChI is InChI=1S/C12H25N3/c1-10(9-13)15-7-5-12(6-8-15)14(2)11-3-4-11/h10-12H,3-9,13H2,1-2H3. The summed E-state index contributed by atoms with van der Waals surface area (Å²) in [6.07, 6.45) is 5.51. The van der Waals surface area contributed by atoms with Crippen LogP contribution in [0.3, 0.4) is 0 Å². The van der Waals surface area contributed by atoms with Crippen molar-refractivity contribution < 1.29 is 0 Å². The molecule has 0 aromatic carbocycles. The molecule has 0 aromatic rings. The number of rotatable bonds is 4. The normalized spacial score (nSPS) is 27.2. The predicted octanol–water partition coefficient (Wildman–Crippen LogP) is 0.892. The molecule has 2 rings (SSSR count). The minimum Gasteiger partial charge on any atom is -0.329 e. The maximum atomic E-state index is 5.70. The Morgan fingerprint density at radius 2 is 1.73 bits per heavy atom. The van der Waals surface area contributed by atoms with E-state index in [1.807, 2.05) is 0 Å². The van der Waals surface area contributed by atoms with Gasteiger partial charge in [0.1, 0.15) is 0 Å². The lowest BCUT2D eigenvalue weighted by atomic mass is 10.0. The van der Waals surface area contributed by atoms with Crippen LogP contribution in [0.2, 0.25) is 0 Å². The Morgan fingerprint density at radius 3 is 2.20 bits per heavy atom. The molecule has 1 aliphatic heterocycles. The molecule has 0 bridgehead atoms. The van der Waals surface area contributed by atoms with Crippen molar-refractivity contribution in [1.29, 1.82) is 0 Å². The lowest BCUT2D eigenvalue weighted by Gasteiger charge is -2.39. The van der Waals surface area contributed by atoms with Crippen LogP contribution >= 0.6 is 0 Å². The SMILES string of the molecule is CC(CN)N1CCC(N(C)C2CC2)CC1. The van der Waals surface area contributed by atoms with Crippen molar-refractivity contribution in [2.75, 3.05) is 26.7 Å². The molecule has 88 valence electrons. The van der Waals surface area contributed by atoms with Gasteiger partial charge in [-0.3, -0.25) is 4.90 Å². The number of nitrogens with two attached hydrogens (primary N) is 1. The zero-order valence-electron chi connectivity index (χ0n) is 10.2. The fraction of sp³-hybridized carbons (Fsp3) is 1.00. The highest BCUT2D eigenvalue weighted by atomic mass is 15.2. The Kier molecular flexibility index (Phi) is 3.65. The summed E-state index contributed by atoms with van der Waals surface area (Å²) in [4.78, 5) is 5.15. The fourth-order valence-electron chi connectivity index (χ4n) is 2.66. The molecule has 1 aliphatic carbocycles. The summed E-state index contributed by atoms with van der Waals surface area (Å²) in [5.74, 6) is 0. The quantitative estimate of drug-likeness (QED) is 0.749. The number of hydrogen-bond donors (Lipinski definition) is 1. The van der Waals surface area contributed by atoms with Crippen LogP contribution in [0.5, 0.6) is 0 Å². The minimum atomic E-state index is 0.567. The van der Waals surface area contributed by atoms with Crippen molar-refractivity contribution in [2.45, 2.75) is 50.7 Å². The summed E-state index contributed by atoms with van der Waals surface area (Å²) in [6.45, 7) is 5.51. The van der Waals surface area contributed by atoms with Crippen LogP contribution in [0.4, 0.5) is 0 Å². The Balaban J connectivity index is 1.76. The summed E-state index contributed by atoms with van der Waals surface area (Å²) in [6, 6.07) is 2.31. The maximum Gasteiger partial charge on any atom is 0.0190 e. The van der Waals surface area contributed by atoms with Crippen LogP contribution in [0.1, 0.15) is 32.6 Å². The second-order valence-corrected chi connectivity index (χ2v) is 5.25. The van der Waals surface area contributed by atoms with E-state index in [2.05, 4.69) is 23.8 Å². The predicted molar refractivity (Wildman–Crippen MR) is 63.9 cm³/mol. The molecule has 0 spiro atoms. The van der Waals surface area contributed by atoms with Gasteiger partial charge >= 0.3 is 0 Å². The average molecular weight is 211 g/mol. The zero-order chi connectivity index (χ0) is 10.8. The van der Waals surface area contributed by atoms with E-state index in [9.17, 15) is 0 Å². The first-order valence-electron chi connectivity index (χ1n) is 6.38. The van der Waals surface area contributed by atoms with Crippen molar-refractivity contribution in [3.05, 3.63) is 0 Å². The summed E-state index contributed by atoms with van der Waals surface area (Å²) in [5, 5.41) is 0. The molecule has 1 saturated carbocycles. The van der Waals surface area contributed by atoms with Crippen molar-refractivity contribution in [1.82, 2.24) is 9.80 Å². The molecule has 2 fully saturated rings. The van der Waals surface area contributed by atoms with Crippen LogP contribution in [0, 0.1) is 0 Å². The molecule has 3 nitrogen and oxygen atoms in total. The van der Waals surface area contributed by atoms with E-state index in [0.717, 1.165) is 18.6 Å². The highest BCUT2D eigenvalue weighted by Crippen LogP contribution is 2.30. The monoisotopic (exact) mass is 211 g/mol. The largest absolute Gasteiger partial charge is 0.329 e. The molecule has 0 amide bonds. The highest BCUT2D eigenvalue weighted by molar-refractivity contribution is 4.89. The first kappa shape index (κ1) is 11.4. The van der Waals surface area contributed by atoms with Crippen LogP contribution in [-0.4, -0.2) is 54.6 Å². The molecular formula is C12H25N3. The van der Waals surface area contributed by atoms with Gasteiger partial charge in [0, 0.05) is 24.7 Å². The van der Waals surface area contributed by atoms with Crippen molar-refractivity contribution in [3.8, 4) is 0 Å². The van der Waals surface area contributed by atoms with Gasteiger partial charge in [-0.15, -0.1) is 0 Å². The number of piperidine rings is 1. The van der Waals surface area contributed by atoms with Gasteiger partial charge in [0.15, 0.2) is 0 Å². The van der Waals surface area contributed by atoms with E-state index in [1.54, 1.807) is 0 Å². The Hall–Kier alpha value is -0.120. The topological polar surface area (TPSA) is 32.5 Å². The van der Waals surface area contributed by atoms with Gasteiger partial charge < -0.3 is 10.6 Å². The summed E-state index contributed by atoms with van der Waals surface area (Å²) < 4.78 is 0. The molecule has 0 radical (unpaired) electrons. The minimum absolute atomic E-state index is 0.567. The van der Waals surface area contributed by atoms with Gasteiger partial charge in [0.25, 0.3) is 0 Å². The zero-order valence-corrected chi connectivity index (χ0v) is 10.2. The van der Waals surface area contributed by atoms with E-state index < -0.39 is 0 Å². The summed E-state index contributed by atoms with van der Waals surface area (Å²) >= 11 is 0. The molecule has 3 heteroatoms. The first-order chi connectivity index (χ1) is 7.22. The van der Waals surface area contributed by atoms with Crippen molar-refractivity contribution in [2.24, 2.45) is 5.73 Å². The smallest absolute Gasteiger partial charge is 0.0190 e. The van der Waals surface area contributed by atoms with Gasteiger partial charge in [-0.25, -0.2) is 0 Å². The molecule has 2 N–H and O–H groups in total. The Labute approximate surface area is 93.6 Å². The molecule has 1 saturated heterocycles.